The molecule has 0 bridgehead atoms. The van der Waals surface area contributed by atoms with Gasteiger partial charge in [0.15, 0.2) is 0 Å². The van der Waals surface area contributed by atoms with E-state index in [1.807, 2.05) is 6.07 Å². The Labute approximate surface area is 122 Å². The molecular formula is C16H14N2OS. The first-order valence-electron chi connectivity index (χ1n) is 6.59. The first kappa shape index (κ1) is 12.9. The fourth-order valence-corrected chi connectivity index (χ4v) is 3.00. The van der Waals surface area contributed by atoms with Crippen LogP contribution in [0, 0.1) is 11.3 Å². The first-order chi connectivity index (χ1) is 9.81. The molecule has 0 radical (unpaired) electrons. The van der Waals surface area contributed by atoms with Crippen molar-refractivity contribution in [1.82, 2.24) is 0 Å². The van der Waals surface area contributed by atoms with Crippen molar-refractivity contribution < 1.29 is 4.79 Å². The second kappa shape index (κ2) is 5.48. The summed E-state index contributed by atoms with van der Waals surface area (Å²) in [4.78, 5) is 13.1. The minimum atomic E-state index is 0.518. The van der Waals surface area contributed by atoms with E-state index in [0.29, 0.717) is 17.2 Å². The van der Waals surface area contributed by atoms with Crippen molar-refractivity contribution in [2.45, 2.75) is 25.4 Å². The molecule has 1 aromatic carbocycles. The summed E-state index contributed by atoms with van der Waals surface area (Å²) in [5.41, 5.74) is 3.34. The molecule has 0 amide bonds. The molecule has 0 aliphatic heterocycles. The zero-order valence-electron chi connectivity index (χ0n) is 11.0. The second-order valence-corrected chi connectivity index (χ2v) is 5.78. The molecule has 0 spiro atoms. The summed E-state index contributed by atoms with van der Waals surface area (Å²) in [5, 5.41) is 13.5. The van der Waals surface area contributed by atoms with Gasteiger partial charge in [-0.05, 0) is 53.4 Å². The molecule has 0 atom stereocenters. The van der Waals surface area contributed by atoms with Crippen molar-refractivity contribution in [2.24, 2.45) is 0 Å². The van der Waals surface area contributed by atoms with E-state index >= 15 is 0 Å². The van der Waals surface area contributed by atoms with Gasteiger partial charge in [-0.15, -0.1) is 0 Å². The van der Waals surface area contributed by atoms with Gasteiger partial charge in [0.1, 0.15) is 12.4 Å². The number of nitriles is 1. The van der Waals surface area contributed by atoms with Crippen molar-refractivity contribution in [3.63, 3.8) is 0 Å². The van der Waals surface area contributed by atoms with E-state index in [-0.39, 0.29) is 0 Å². The number of carbonyl (C=O) groups excluding carboxylic acids is 1. The van der Waals surface area contributed by atoms with Gasteiger partial charge in [-0.2, -0.15) is 16.6 Å². The Morgan fingerprint density at radius 1 is 1.40 bits per heavy atom. The second-order valence-electron chi connectivity index (χ2n) is 5.00. The standard InChI is InChI=1S/C16H14N2OS/c17-8-14-7-12(10-19)1-4-16(14)18(15-2-3-15)9-13-5-6-20-11-13/h1,4-7,10-11,15H,2-3,9H2. The number of benzene rings is 1. The number of aldehydes is 1. The number of carbonyl (C=O) groups is 1. The highest BCUT2D eigenvalue weighted by atomic mass is 32.1. The van der Waals surface area contributed by atoms with Crippen molar-refractivity contribution in [1.29, 1.82) is 5.26 Å². The highest BCUT2D eigenvalue weighted by Gasteiger charge is 2.30. The average Bonchev–Trinajstić information content (AvgIpc) is 3.21. The van der Waals surface area contributed by atoms with Gasteiger partial charge in [-0.25, -0.2) is 0 Å². The minimum absolute atomic E-state index is 0.518. The van der Waals surface area contributed by atoms with E-state index in [9.17, 15) is 10.1 Å². The molecule has 1 heterocycles. The normalized spacial score (nSPS) is 13.8. The van der Waals surface area contributed by atoms with Gasteiger partial charge in [0.2, 0.25) is 0 Å². The van der Waals surface area contributed by atoms with Crippen LogP contribution < -0.4 is 4.90 Å². The molecule has 1 fully saturated rings. The van der Waals surface area contributed by atoms with Crippen molar-refractivity contribution in [2.75, 3.05) is 4.90 Å². The Kier molecular flexibility index (Phi) is 3.53. The van der Waals surface area contributed by atoms with E-state index in [0.717, 1.165) is 18.5 Å². The topological polar surface area (TPSA) is 44.1 Å². The molecule has 0 unspecified atom stereocenters. The number of hydrogen-bond donors (Lipinski definition) is 0. The Balaban J connectivity index is 1.95. The van der Waals surface area contributed by atoms with Gasteiger partial charge in [0.05, 0.1) is 11.3 Å². The van der Waals surface area contributed by atoms with Crippen LogP contribution >= 0.6 is 11.3 Å². The zero-order chi connectivity index (χ0) is 13.9. The smallest absolute Gasteiger partial charge is 0.150 e. The van der Waals surface area contributed by atoms with Crippen LogP contribution in [0.15, 0.2) is 35.0 Å². The number of nitrogens with zero attached hydrogens (tertiary/aromatic N) is 2. The van der Waals surface area contributed by atoms with E-state index in [2.05, 4.69) is 27.8 Å². The van der Waals surface area contributed by atoms with Gasteiger partial charge < -0.3 is 4.90 Å². The number of thiophene rings is 1. The molecular weight excluding hydrogens is 268 g/mol. The third-order valence-electron chi connectivity index (χ3n) is 3.51. The lowest BCUT2D eigenvalue weighted by Gasteiger charge is -2.25. The van der Waals surface area contributed by atoms with Crippen molar-refractivity contribution in [3.05, 3.63) is 51.7 Å². The van der Waals surface area contributed by atoms with Gasteiger partial charge in [0, 0.05) is 18.2 Å². The summed E-state index contributed by atoms with van der Waals surface area (Å²) in [5.74, 6) is 0. The maximum Gasteiger partial charge on any atom is 0.150 e. The third kappa shape index (κ3) is 2.59. The van der Waals surface area contributed by atoms with Crippen LogP contribution in [0.1, 0.15) is 34.3 Å². The average molecular weight is 282 g/mol. The molecule has 0 saturated heterocycles. The predicted octanol–water partition coefficient (Wildman–Crippen LogP) is 3.60. The molecule has 4 heteroatoms. The van der Waals surface area contributed by atoms with E-state index in [4.69, 9.17) is 0 Å². The SMILES string of the molecule is N#Cc1cc(C=O)ccc1N(Cc1ccsc1)C1CC1. The maximum atomic E-state index is 10.8. The summed E-state index contributed by atoms with van der Waals surface area (Å²) < 4.78 is 0. The molecule has 3 nitrogen and oxygen atoms in total. The maximum absolute atomic E-state index is 10.8. The van der Waals surface area contributed by atoms with Gasteiger partial charge >= 0.3 is 0 Å². The highest BCUT2D eigenvalue weighted by molar-refractivity contribution is 7.07. The minimum Gasteiger partial charge on any atom is -0.363 e. The first-order valence-corrected chi connectivity index (χ1v) is 7.53. The molecule has 1 aromatic heterocycles. The molecule has 20 heavy (non-hydrogen) atoms. The monoisotopic (exact) mass is 282 g/mol. The fraction of sp³-hybridized carbons (Fsp3) is 0.250. The Morgan fingerprint density at radius 3 is 2.85 bits per heavy atom. The van der Waals surface area contributed by atoms with Gasteiger partial charge in [-0.1, -0.05) is 0 Å². The quantitative estimate of drug-likeness (QED) is 0.787. The van der Waals surface area contributed by atoms with Crippen LogP contribution in [0.3, 0.4) is 0 Å². The van der Waals surface area contributed by atoms with Crippen LogP contribution in [0.4, 0.5) is 5.69 Å². The zero-order valence-corrected chi connectivity index (χ0v) is 11.8. The lowest BCUT2D eigenvalue weighted by molar-refractivity contribution is 0.112. The largest absolute Gasteiger partial charge is 0.363 e. The Morgan fingerprint density at radius 2 is 2.25 bits per heavy atom. The Bertz CT molecular complexity index is 654. The fourth-order valence-electron chi connectivity index (χ4n) is 2.34. The lowest BCUT2D eigenvalue weighted by Crippen LogP contribution is -2.25. The summed E-state index contributed by atoms with van der Waals surface area (Å²) in [6, 6.07) is 10.2. The van der Waals surface area contributed by atoms with Crippen LogP contribution in [0.5, 0.6) is 0 Å². The molecule has 100 valence electrons. The number of rotatable bonds is 5. The molecule has 3 rings (SSSR count). The van der Waals surface area contributed by atoms with E-state index < -0.39 is 0 Å². The van der Waals surface area contributed by atoms with Gasteiger partial charge in [-0.3, -0.25) is 4.79 Å². The number of hydrogen-bond acceptors (Lipinski definition) is 4. The van der Waals surface area contributed by atoms with Crippen LogP contribution in [0.2, 0.25) is 0 Å². The summed E-state index contributed by atoms with van der Waals surface area (Å²) in [6.07, 6.45) is 3.12. The van der Waals surface area contributed by atoms with Crippen molar-refractivity contribution >= 4 is 23.3 Å². The van der Waals surface area contributed by atoms with E-state index in [1.54, 1.807) is 23.5 Å². The third-order valence-corrected chi connectivity index (χ3v) is 4.24. The highest BCUT2D eigenvalue weighted by Crippen LogP contribution is 2.35. The van der Waals surface area contributed by atoms with Crippen molar-refractivity contribution in [3.8, 4) is 6.07 Å². The molecule has 1 aliphatic rings. The van der Waals surface area contributed by atoms with Crippen LogP contribution in [0.25, 0.3) is 0 Å². The van der Waals surface area contributed by atoms with E-state index in [1.165, 1.54) is 18.4 Å². The summed E-state index contributed by atoms with van der Waals surface area (Å²) in [7, 11) is 0. The molecule has 2 aromatic rings. The molecule has 0 N–H and O–H groups in total. The lowest BCUT2D eigenvalue weighted by atomic mass is 10.1. The van der Waals surface area contributed by atoms with Crippen LogP contribution in [-0.4, -0.2) is 12.3 Å². The van der Waals surface area contributed by atoms with Crippen LogP contribution in [-0.2, 0) is 6.54 Å². The Hall–Kier alpha value is -2.12. The summed E-state index contributed by atoms with van der Waals surface area (Å²) >= 11 is 1.69. The molecule has 1 aliphatic carbocycles. The number of anilines is 1. The summed E-state index contributed by atoms with van der Waals surface area (Å²) in [6.45, 7) is 0.823. The molecule has 1 saturated carbocycles. The predicted molar refractivity (Wildman–Crippen MR) is 80.1 cm³/mol. The van der Waals surface area contributed by atoms with Gasteiger partial charge in [0.25, 0.3) is 0 Å².